The van der Waals surface area contributed by atoms with E-state index in [4.69, 9.17) is 53.1 Å². The van der Waals surface area contributed by atoms with Crippen LogP contribution in [0, 0.1) is 59.2 Å². The molecule has 4 aliphatic heterocycles. The van der Waals surface area contributed by atoms with Gasteiger partial charge in [0, 0.05) is 64.2 Å². The van der Waals surface area contributed by atoms with Gasteiger partial charge in [0.15, 0.2) is 18.8 Å². The number of rotatable bonds is 29. The molecule has 0 radical (unpaired) electrons. The van der Waals surface area contributed by atoms with Crippen LogP contribution in [0.3, 0.4) is 0 Å². The minimum atomic E-state index is -0.625. The van der Waals surface area contributed by atoms with E-state index >= 15 is 0 Å². The van der Waals surface area contributed by atoms with Gasteiger partial charge in [0.1, 0.15) is 31.2 Å². The van der Waals surface area contributed by atoms with Crippen molar-refractivity contribution in [2.45, 2.75) is 295 Å². The van der Waals surface area contributed by atoms with E-state index in [2.05, 4.69) is 102 Å². The maximum Gasteiger partial charge on any atom is 0.302 e. The van der Waals surface area contributed by atoms with Gasteiger partial charge < -0.3 is 53.1 Å². The zero-order chi connectivity index (χ0) is 60.5. The molecule has 0 saturated carbocycles. The van der Waals surface area contributed by atoms with Crippen LogP contribution in [0.5, 0.6) is 0 Å². The fourth-order valence-electron chi connectivity index (χ4n) is 11.4. The van der Waals surface area contributed by atoms with Gasteiger partial charge in [-0.1, -0.05) is 135 Å². The first-order valence-corrected chi connectivity index (χ1v) is 31.4. The van der Waals surface area contributed by atoms with E-state index < -0.39 is 18.4 Å². The summed E-state index contributed by atoms with van der Waals surface area (Å²) in [5, 5.41) is 0. The molecule has 4 aliphatic rings. The molecule has 80 heavy (non-hydrogen) atoms. The largest absolute Gasteiger partial charge is 0.463 e. The van der Waals surface area contributed by atoms with E-state index in [9.17, 15) is 19.2 Å². The second-order valence-corrected chi connectivity index (χ2v) is 25.6. The number of hydrogen-bond donors (Lipinski definition) is 1. The van der Waals surface area contributed by atoms with Crippen molar-refractivity contribution in [3.63, 3.8) is 0 Å². The number of aliphatic imine (C=N–C) groups is 1. The number of carbonyl (C=O) groups excluding carboxylic acids is 4. The van der Waals surface area contributed by atoms with Gasteiger partial charge in [-0.15, -0.1) is 0 Å². The molecular weight excluding hydrogens is 1020 g/mol. The van der Waals surface area contributed by atoms with Crippen molar-refractivity contribution in [2.24, 2.45) is 69.9 Å². The predicted octanol–water partition coefficient (Wildman–Crippen LogP) is 12.8. The van der Waals surface area contributed by atoms with Crippen LogP contribution in [0.15, 0.2) is 4.99 Å². The summed E-state index contributed by atoms with van der Waals surface area (Å²) in [7, 11) is 0. The lowest BCUT2D eigenvalue weighted by Gasteiger charge is -2.49. The summed E-state index contributed by atoms with van der Waals surface area (Å²) in [5.41, 5.74) is 5.06. The van der Waals surface area contributed by atoms with Crippen LogP contribution in [0.4, 0.5) is 0 Å². The Morgan fingerprint density at radius 1 is 0.512 bits per heavy atom. The molecule has 4 saturated heterocycles. The van der Waals surface area contributed by atoms with Gasteiger partial charge in [-0.05, 0) is 101 Å². The Morgan fingerprint density at radius 2 is 0.938 bits per heavy atom. The number of nitrogens with two attached hydrogens (primary N) is 1. The van der Waals surface area contributed by atoms with Crippen LogP contribution in [0.1, 0.15) is 222 Å². The zero-order valence-corrected chi connectivity index (χ0v) is 54.0. The zero-order valence-electron chi connectivity index (χ0n) is 54.0. The number of ketones is 1. The third-order valence-electron chi connectivity index (χ3n) is 18.5. The van der Waals surface area contributed by atoms with Gasteiger partial charge in [-0.25, -0.2) is 4.79 Å². The van der Waals surface area contributed by atoms with Crippen molar-refractivity contribution >= 4 is 23.8 Å². The molecule has 16 heteroatoms. The minimum absolute atomic E-state index is 0.0296. The third-order valence-corrected chi connectivity index (χ3v) is 18.5. The first-order chi connectivity index (χ1) is 37.6. The normalized spacial score (nSPS) is 34.6. The number of unbranched alkanes of at least 4 members (excludes halogenated alkanes) is 6. The molecule has 468 valence electrons. The lowest BCUT2D eigenvalue weighted by atomic mass is 9.77. The fourth-order valence-corrected chi connectivity index (χ4v) is 11.4. The van der Waals surface area contributed by atoms with Gasteiger partial charge in [-0.2, -0.15) is 4.99 Å². The van der Waals surface area contributed by atoms with Crippen LogP contribution < -0.4 is 5.73 Å². The Labute approximate surface area is 486 Å². The monoisotopic (exact) mass is 1140 g/mol. The van der Waals surface area contributed by atoms with Gasteiger partial charge in [0.05, 0.1) is 41.7 Å². The highest BCUT2D eigenvalue weighted by molar-refractivity contribution is 5.79. The highest BCUT2D eigenvalue weighted by atomic mass is 16.7. The summed E-state index contributed by atoms with van der Waals surface area (Å²) in [6, 6.07) is 0. The smallest absolute Gasteiger partial charge is 0.302 e. The van der Waals surface area contributed by atoms with Gasteiger partial charge in [-0.3, -0.25) is 14.4 Å². The SMILES string of the molecule is CCC1OC(OC2C(COC(C)=O)OC(N=C=O)C(C)C2C)C(C)C(C)C1C.CCCCCCOC(C)(C)CCC(=O)CC1OC(COC(C)=O)C(OC2OC(CC)C(C)C(C)C2C)C(C)C1C.CCCCCCOC(C)(C)CN. The molecule has 16 nitrogen and oxygen atoms in total. The fraction of sp³-hybridized carbons (Fsp3) is 0.938. The third kappa shape index (κ3) is 24.3. The molecule has 4 heterocycles. The van der Waals surface area contributed by atoms with Gasteiger partial charge >= 0.3 is 11.9 Å². The Morgan fingerprint density at radius 3 is 1.35 bits per heavy atom. The Balaban J connectivity index is 0.000000471. The highest BCUT2D eigenvalue weighted by Gasteiger charge is 2.49. The van der Waals surface area contributed by atoms with Crippen LogP contribution in [-0.4, -0.2) is 130 Å². The summed E-state index contributed by atoms with van der Waals surface area (Å²) in [5.74, 6) is 1.91. The standard InChI is InChI=1S/C33H60O7.C21H35NO6.C10H23NO/c1-11-13-14-15-18-37-33(9,10)17-16-27(35)19-29-23(5)24(6)31(30(38-29)20-36-26(8)34)40-32-25(7)21(3)22(4)28(12-2)39-32;1-8-17-12(3)11(2)15(6)21(27-17)28-19-13(4)14(5)20(22-10-23)26-18(19)9-25-16(7)24;1-4-5-6-7-8-12-10(2,3)9-11/h21-25,28-32H,11-20H2,1-10H3;11-15,17-21H,8-9H2,1-7H3;4-9,11H2,1-3H3. The Kier molecular flexibility index (Phi) is 34.2. The second kappa shape index (κ2) is 37.1. The number of esters is 2. The van der Waals surface area contributed by atoms with Gasteiger partial charge in [0.2, 0.25) is 6.08 Å². The second-order valence-electron chi connectivity index (χ2n) is 25.6. The molecule has 0 aromatic heterocycles. The molecular formula is C64H118N2O14. The Hall–Kier alpha value is -2.37. The number of Topliss-reactive ketones (excluding diaryl/α,β-unsaturated/α-hetero) is 1. The van der Waals surface area contributed by atoms with Gasteiger partial charge in [0.25, 0.3) is 0 Å². The molecule has 0 aliphatic carbocycles. The maximum absolute atomic E-state index is 13.1. The van der Waals surface area contributed by atoms with Crippen molar-refractivity contribution in [1.82, 2.24) is 0 Å². The molecule has 4 rings (SSSR count). The van der Waals surface area contributed by atoms with Crippen LogP contribution in [-0.2, 0) is 66.5 Å². The van der Waals surface area contributed by atoms with E-state index in [0.29, 0.717) is 49.5 Å². The van der Waals surface area contributed by atoms with Crippen LogP contribution in [0.2, 0.25) is 0 Å². The van der Waals surface area contributed by atoms with Crippen LogP contribution >= 0.6 is 0 Å². The molecule has 0 aromatic rings. The van der Waals surface area contributed by atoms with Crippen molar-refractivity contribution in [2.75, 3.05) is 33.0 Å². The molecule has 0 aromatic carbocycles. The number of ether oxygens (including phenoxy) is 10. The summed E-state index contributed by atoms with van der Waals surface area (Å²) in [6.07, 6.45) is 11.7. The van der Waals surface area contributed by atoms with E-state index in [1.807, 2.05) is 27.7 Å². The molecule has 2 N–H and O–H groups in total. The maximum atomic E-state index is 13.1. The molecule has 0 spiro atoms. The first kappa shape index (κ1) is 73.7. The topological polar surface area (TPSA) is 199 Å². The highest BCUT2D eigenvalue weighted by Crippen LogP contribution is 2.43. The molecule has 20 unspecified atom stereocenters. The summed E-state index contributed by atoms with van der Waals surface area (Å²) in [4.78, 5) is 50.7. The predicted molar refractivity (Wildman–Crippen MR) is 314 cm³/mol. The number of hydrogen-bond acceptors (Lipinski definition) is 16. The Bertz CT molecular complexity index is 1790. The quantitative estimate of drug-likeness (QED) is 0.0321. The van der Waals surface area contributed by atoms with E-state index in [1.165, 1.54) is 52.4 Å². The van der Waals surface area contributed by atoms with Crippen molar-refractivity contribution in [3.05, 3.63) is 0 Å². The summed E-state index contributed by atoms with van der Waals surface area (Å²) < 4.78 is 60.7. The minimum Gasteiger partial charge on any atom is -0.463 e. The summed E-state index contributed by atoms with van der Waals surface area (Å²) in [6.45, 7) is 43.6. The average Bonchev–Trinajstić information content (AvgIpc) is 3.41. The molecule has 0 bridgehead atoms. The van der Waals surface area contributed by atoms with Crippen molar-refractivity contribution in [3.8, 4) is 0 Å². The molecule has 20 atom stereocenters. The molecule has 4 fully saturated rings. The van der Waals surface area contributed by atoms with Crippen molar-refractivity contribution < 1.29 is 66.5 Å². The average molecular weight is 1140 g/mol. The lowest BCUT2D eigenvalue weighted by Crippen LogP contribution is -2.56. The van der Waals surface area contributed by atoms with Crippen molar-refractivity contribution in [1.29, 1.82) is 0 Å². The first-order valence-electron chi connectivity index (χ1n) is 31.4. The number of carbonyl (C=O) groups is 3. The lowest BCUT2D eigenvalue weighted by molar-refractivity contribution is -0.303. The van der Waals surface area contributed by atoms with Crippen LogP contribution in [0.25, 0.3) is 0 Å². The summed E-state index contributed by atoms with van der Waals surface area (Å²) >= 11 is 0. The van der Waals surface area contributed by atoms with E-state index in [1.54, 1.807) is 6.08 Å². The van der Waals surface area contributed by atoms with E-state index in [-0.39, 0.29) is 121 Å². The number of isocyanates is 1. The van der Waals surface area contributed by atoms with E-state index in [0.717, 1.165) is 38.9 Å². The number of nitrogens with zero attached hydrogens (tertiary/aromatic N) is 1. The molecule has 0 amide bonds.